The van der Waals surface area contributed by atoms with Crippen molar-refractivity contribution >= 4 is 17.4 Å². The number of amides is 1. The number of aromatic nitrogens is 2. The molecule has 0 bridgehead atoms. The van der Waals surface area contributed by atoms with Crippen LogP contribution in [-0.4, -0.2) is 22.4 Å². The van der Waals surface area contributed by atoms with E-state index in [4.69, 9.17) is 0 Å². The molecule has 0 fully saturated rings. The molecular weight excluding hydrogens is 276 g/mol. The zero-order chi connectivity index (χ0) is 15.9. The summed E-state index contributed by atoms with van der Waals surface area (Å²) in [5.74, 6) is 0.932. The fourth-order valence-electron chi connectivity index (χ4n) is 1.94. The summed E-state index contributed by atoms with van der Waals surface area (Å²) in [5.41, 5.74) is 2.57. The largest absolute Gasteiger partial charge is 0.351 e. The molecule has 0 spiro atoms. The summed E-state index contributed by atoms with van der Waals surface area (Å²) in [5, 5.41) is 5.95. The minimum atomic E-state index is -0.192. The molecule has 5 nitrogen and oxygen atoms in total. The molecule has 1 aromatic heterocycles. The minimum absolute atomic E-state index is 0.192. The molecular formula is C17H22N4O. The molecule has 1 heterocycles. The molecule has 0 aliphatic rings. The molecule has 0 radical (unpaired) electrons. The van der Waals surface area contributed by atoms with Crippen LogP contribution >= 0.6 is 0 Å². The highest BCUT2D eigenvalue weighted by Gasteiger charge is 2.07. The molecule has 22 heavy (non-hydrogen) atoms. The van der Waals surface area contributed by atoms with Gasteiger partial charge in [0.2, 0.25) is 0 Å². The first kappa shape index (κ1) is 15.9. The van der Waals surface area contributed by atoms with Crippen LogP contribution in [-0.2, 0) is 0 Å². The Labute approximate surface area is 131 Å². The number of carbonyl (C=O) groups excluding carboxylic acids is 1. The highest BCUT2D eigenvalue weighted by Crippen LogP contribution is 2.19. The van der Waals surface area contributed by atoms with E-state index in [9.17, 15) is 4.79 Å². The maximum absolute atomic E-state index is 11.7. The third-order valence-corrected chi connectivity index (χ3v) is 3.27. The first-order valence-electron chi connectivity index (χ1n) is 7.57. The van der Waals surface area contributed by atoms with Gasteiger partial charge in [0.25, 0.3) is 5.91 Å². The van der Waals surface area contributed by atoms with Crippen LogP contribution in [0, 0.1) is 0 Å². The lowest BCUT2D eigenvalue weighted by molar-refractivity contribution is 0.0948. The predicted octanol–water partition coefficient (Wildman–Crippen LogP) is 3.48. The first-order valence-corrected chi connectivity index (χ1v) is 7.57. The molecule has 0 saturated heterocycles. The van der Waals surface area contributed by atoms with Crippen LogP contribution in [0.15, 0.2) is 36.7 Å². The van der Waals surface area contributed by atoms with Gasteiger partial charge in [-0.15, -0.1) is 0 Å². The lowest BCUT2D eigenvalue weighted by Crippen LogP contribution is -2.25. The van der Waals surface area contributed by atoms with Gasteiger partial charge in [-0.3, -0.25) is 4.79 Å². The standard InChI is InChI=1S/C17H22N4O/c1-4-9-18-17(22)15-10-20-16(11-19-15)21-14-7-5-13(6-8-14)12(2)3/h5-8,10-12H,4,9H2,1-3H3,(H,18,22)(H,20,21). The van der Waals surface area contributed by atoms with Crippen molar-refractivity contribution in [2.75, 3.05) is 11.9 Å². The zero-order valence-electron chi connectivity index (χ0n) is 13.3. The molecule has 2 rings (SSSR count). The van der Waals surface area contributed by atoms with Crippen LogP contribution in [0.1, 0.15) is 49.2 Å². The van der Waals surface area contributed by atoms with Gasteiger partial charge in [0.05, 0.1) is 12.4 Å². The maximum Gasteiger partial charge on any atom is 0.271 e. The second-order valence-corrected chi connectivity index (χ2v) is 5.44. The van der Waals surface area contributed by atoms with Crippen LogP contribution in [0.25, 0.3) is 0 Å². The fourth-order valence-corrected chi connectivity index (χ4v) is 1.94. The Morgan fingerprint density at radius 1 is 1.14 bits per heavy atom. The second kappa shape index (κ2) is 7.54. The molecule has 1 amide bonds. The van der Waals surface area contributed by atoms with Gasteiger partial charge >= 0.3 is 0 Å². The van der Waals surface area contributed by atoms with Crippen LogP contribution < -0.4 is 10.6 Å². The maximum atomic E-state index is 11.7. The van der Waals surface area contributed by atoms with Gasteiger partial charge in [-0.1, -0.05) is 32.9 Å². The number of hydrogen-bond acceptors (Lipinski definition) is 4. The Hall–Kier alpha value is -2.43. The SMILES string of the molecule is CCCNC(=O)c1cnc(Nc2ccc(C(C)C)cc2)cn1. The van der Waals surface area contributed by atoms with E-state index in [1.54, 1.807) is 6.20 Å². The number of nitrogens with one attached hydrogen (secondary N) is 2. The van der Waals surface area contributed by atoms with Crippen molar-refractivity contribution in [3.63, 3.8) is 0 Å². The third kappa shape index (κ3) is 4.28. The highest BCUT2D eigenvalue weighted by molar-refractivity contribution is 5.92. The number of anilines is 2. The monoisotopic (exact) mass is 298 g/mol. The van der Waals surface area contributed by atoms with Gasteiger partial charge in [0, 0.05) is 12.2 Å². The van der Waals surface area contributed by atoms with E-state index in [1.165, 1.54) is 11.8 Å². The Morgan fingerprint density at radius 2 is 1.86 bits per heavy atom. The Morgan fingerprint density at radius 3 is 2.41 bits per heavy atom. The quantitative estimate of drug-likeness (QED) is 0.856. The number of hydrogen-bond donors (Lipinski definition) is 2. The van der Waals surface area contributed by atoms with Crippen LogP contribution in [0.4, 0.5) is 11.5 Å². The molecule has 0 unspecified atom stereocenters. The summed E-state index contributed by atoms with van der Waals surface area (Å²) in [6.07, 6.45) is 3.94. The predicted molar refractivity (Wildman–Crippen MR) is 88.5 cm³/mol. The Kier molecular flexibility index (Phi) is 5.47. The average Bonchev–Trinajstić information content (AvgIpc) is 2.54. The van der Waals surface area contributed by atoms with E-state index >= 15 is 0 Å². The summed E-state index contributed by atoms with van der Waals surface area (Å²) in [6, 6.07) is 8.21. The molecule has 116 valence electrons. The number of carbonyl (C=O) groups is 1. The fraction of sp³-hybridized carbons (Fsp3) is 0.353. The van der Waals surface area contributed by atoms with E-state index in [-0.39, 0.29) is 5.91 Å². The van der Waals surface area contributed by atoms with Gasteiger partial charge in [0.15, 0.2) is 0 Å². The van der Waals surface area contributed by atoms with Gasteiger partial charge < -0.3 is 10.6 Å². The number of nitrogens with zero attached hydrogens (tertiary/aromatic N) is 2. The lowest BCUT2D eigenvalue weighted by atomic mass is 10.0. The van der Waals surface area contributed by atoms with Gasteiger partial charge in [-0.25, -0.2) is 9.97 Å². The van der Waals surface area contributed by atoms with Crippen molar-refractivity contribution in [3.8, 4) is 0 Å². The molecule has 5 heteroatoms. The molecule has 1 aromatic carbocycles. The van der Waals surface area contributed by atoms with Crippen molar-refractivity contribution in [1.29, 1.82) is 0 Å². The van der Waals surface area contributed by atoms with E-state index < -0.39 is 0 Å². The third-order valence-electron chi connectivity index (χ3n) is 3.27. The average molecular weight is 298 g/mol. The van der Waals surface area contributed by atoms with Crippen molar-refractivity contribution < 1.29 is 4.79 Å². The topological polar surface area (TPSA) is 66.9 Å². The van der Waals surface area contributed by atoms with E-state index in [0.29, 0.717) is 24.0 Å². The molecule has 0 atom stereocenters. The smallest absolute Gasteiger partial charge is 0.271 e. The molecule has 0 saturated carbocycles. The number of rotatable bonds is 6. The van der Waals surface area contributed by atoms with E-state index in [0.717, 1.165) is 12.1 Å². The van der Waals surface area contributed by atoms with Crippen molar-refractivity contribution in [2.45, 2.75) is 33.1 Å². The molecule has 2 aromatic rings. The Balaban J connectivity index is 2.00. The van der Waals surface area contributed by atoms with Gasteiger partial charge in [-0.05, 0) is 30.0 Å². The van der Waals surface area contributed by atoms with Crippen LogP contribution in [0.3, 0.4) is 0 Å². The number of benzene rings is 1. The minimum Gasteiger partial charge on any atom is -0.351 e. The summed E-state index contributed by atoms with van der Waals surface area (Å²) >= 11 is 0. The van der Waals surface area contributed by atoms with Gasteiger partial charge in [-0.2, -0.15) is 0 Å². The summed E-state index contributed by atoms with van der Waals surface area (Å²) < 4.78 is 0. The highest BCUT2D eigenvalue weighted by atomic mass is 16.1. The van der Waals surface area contributed by atoms with Crippen molar-refractivity contribution in [1.82, 2.24) is 15.3 Å². The summed E-state index contributed by atoms with van der Waals surface area (Å²) in [7, 11) is 0. The second-order valence-electron chi connectivity index (χ2n) is 5.44. The Bertz CT molecular complexity index is 606. The first-order chi connectivity index (χ1) is 10.6. The molecule has 0 aliphatic heterocycles. The van der Waals surface area contributed by atoms with Crippen LogP contribution in [0.2, 0.25) is 0 Å². The van der Waals surface area contributed by atoms with Crippen LogP contribution in [0.5, 0.6) is 0 Å². The van der Waals surface area contributed by atoms with Crippen molar-refractivity contribution in [3.05, 3.63) is 47.9 Å². The van der Waals surface area contributed by atoms with Gasteiger partial charge in [0.1, 0.15) is 11.5 Å². The molecule has 2 N–H and O–H groups in total. The lowest BCUT2D eigenvalue weighted by Gasteiger charge is -2.09. The van der Waals surface area contributed by atoms with Crippen molar-refractivity contribution in [2.24, 2.45) is 0 Å². The normalized spacial score (nSPS) is 10.5. The van der Waals surface area contributed by atoms with E-state index in [1.807, 2.05) is 19.1 Å². The summed E-state index contributed by atoms with van der Waals surface area (Å²) in [4.78, 5) is 20.1. The zero-order valence-corrected chi connectivity index (χ0v) is 13.3. The molecule has 0 aliphatic carbocycles. The summed E-state index contributed by atoms with van der Waals surface area (Å²) in [6.45, 7) is 6.97. The van der Waals surface area contributed by atoms with E-state index in [2.05, 4.69) is 46.6 Å².